The van der Waals surface area contributed by atoms with E-state index in [0.717, 1.165) is 43.7 Å². The van der Waals surface area contributed by atoms with Gasteiger partial charge in [0.05, 0.1) is 13.2 Å². The van der Waals surface area contributed by atoms with Crippen molar-refractivity contribution in [1.82, 2.24) is 25.0 Å². The highest BCUT2D eigenvalue weighted by Crippen LogP contribution is 2.21. The van der Waals surface area contributed by atoms with Crippen LogP contribution in [0.25, 0.3) is 0 Å². The number of hydrogen-bond acceptors (Lipinski definition) is 4. The first kappa shape index (κ1) is 16.3. The Kier molecular flexibility index (Phi) is 5.30. The van der Waals surface area contributed by atoms with Crippen LogP contribution in [-0.4, -0.2) is 52.4 Å². The minimum absolute atomic E-state index is 0.00179. The third-order valence-corrected chi connectivity index (χ3v) is 4.43. The summed E-state index contributed by atoms with van der Waals surface area (Å²) in [5, 5.41) is 7.18. The molecule has 1 saturated heterocycles. The molecule has 1 fully saturated rings. The summed E-state index contributed by atoms with van der Waals surface area (Å²) < 4.78 is 7.22. The van der Waals surface area contributed by atoms with Crippen molar-refractivity contribution in [2.45, 2.75) is 25.3 Å². The van der Waals surface area contributed by atoms with Gasteiger partial charge in [-0.2, -0.15) is 5.10 Å². The van der Waals surface area contributed by atoms with E-state index in [4.69, 9.17) is 4.74 Å². The minimum atomic E-state index is 0.00179. The fourth-order valence-electron chi connectivity index (χ4n) is 3.06. The van der Waals surface area contributed by atoms with Crippen molar-refractivity contribution in [2.75, 3.05) is 26.7 Å². The zero-order valence-corrected chi connectivity index (χ0v) is 13.9. The van der Waals surface area contributed by atoms with Gasteiger partial charge in [0.2, 0.25) is 0 Å². The van der Waals surface area contributed by atoms with Crippen molar-refractivity contribution in [2.24, 2.45) is 0 Å². The average molecular weight is 329 g/mol. The van der Waals surface area contributed by atoms with Gasteiger partial charge in [-0.25, -0.2) is 14.5 Å². The summed E-state index contributed by atoms with van der Waals surface area (Å²) in [6.07, 6.45) is 5.86. The molecule has 24 heavy (non-hydrogen) atoms. The van der Waals surface area contributed by atoms with Crippen molar-refractivity contribution in [3.8, 4) is 5.75 Å². The minimum Gasteiger partial charge on any atom is -0.496 e. The van der Waals surface area contributed by atoms with Gasteiger partial charge in [-0.1, -0.05) is 18.2 Å². The van der Waals surface area contributed by atoms with Crippen molar-refractivity contribution in [1.29, 1.82) is 0 Å². The van der Waals surface area contributed by atoms with E-state index in [9.17, 15) is 4.79 Å². The lowest BCUT2D eigenvalue weighted by atomic mass is 10.1. The average Bonchev–Trinajstić information content (AvgIpc) is 3.17. The van der Waals surface area contributed by atoms with Crippen molar-refractivity contribution in [3.63, 3.8) is 0 Å². The van der Waals surface area contributed by atoms with Crippen LogP contribution in [0.15, 0.2) is 36.9 Å². The molecular formula is C17H23N5O2. The number of rotatable bonds is 5. The number of para-hydroxylation sites is 1. The molecular weight excluding hydrogens is 306 g/mol. The normalized spacial score (nSPS) is 15.3. The molecule has 2 amide bonds. The van der Waals surface area contributed by atoms with Crippen LogP contribution < -0.4 is 10.1 Å². The smallest absolute Gasteiger partial charge is 0.317 e. The Morgan fingerprint density at radius 2 is 2.12 bits per heavy atom. The van der Waals surface area contributed by atoms with Crippen LogP contribution in [0.1, 0.15) is 24.4 Å². The number of amides is 2. The second kappa shape index (κ2) is 7.81. The van der Waals surface area contributed by atoms with E-state index in [1.807, 2.05) is 33.8 Å². The van der Waals surface area contributed by atoms with Crippen molar-refractivity contribution >= 4 is 6.03 Å². The number of nitrogens with zero attached hydrogens (tertiary/aromatic N) is 4. The largest absolute Gasteiger partial charge is 0.496 e. The maximum Gasteiger partial charge on any atom is 0.317 e. The quantitative estimate of drug-likeness (QED) is 0.909. The molecule has 1 aliphatic rings. The van der Waals surface area contributed by atoms with E-state index in [1.54, 1.807) is 19.8 Å². The Morgan fingerprint density at radius 3 is 2.83 bits per heavy atom. The molecule has 0 spiro atoms. The van der Waals surface area contributed by atoms with Crippen LogP contribution in [0.3, 0.4) is 0 Å². The second-order valence-electron chi connectivity index (χ2n) is 5.89. The Bertz CT molecular complexity index is 651. The summed E-state index contributed by atoms with van der Waals surface area (Å²) in [5.41, 5.74) is 1.10. The Hall–Kier alpha value is -2.57. The van der Waals surface area contributed by atoms with E-state index in [-0.39, 0.29) is 6.03 Å². The van der Waals surface area contributed by atoms with E-state index in [2.05, 4.69) is 15.4 Å². The van der Waals surface area contributed by atoms with Gasteiger partial charge in [-0.05, 0) is 30.9 Å². The lowest BCUT2D eigenvalue weighted by Crippen LogP contribution is -2.45. The number of carbonyl (C=O) groups excluding carboxylic acids is 1. The number of ether oxygens (including phenoxy) is 1. The summed E-state index contributed by atoms with van der Waals surface area (Å²) >= 11 is 0. The standard InChI is InChI=1S/C17H23N5O2/c1-24-16-5-3-2-4-14(16)6-9-19-17(23)21-10-7-15(8-11-21)22-13-18-12-20-22/h2-5,12-13,15H,6-11H2,1H3,(H,19,23). The maximum atomic E-state index is 12.3. The molecule has 1 aromatic carbocycles. The monoisotopic (exact) mass is 329 g/mol. The topological polar surface area (TPSA) is 72.3 Å². The number of benzene rings is 1. The fraction of sp³-hybridized carbons (Fsp3) is 0.471. The molecule has 0 atom stereocenters. The molecule has 0 bridgehead atoms. The molecule has 7 heteroatoms. The van der Waals surface area contributed by atoms with Crippen LogP contribution in [0.2, 0.25) is 0 Å². The number of urea groups is 1. The van der Waals surface area contributed by atoms with E-state index >= 15 is 0 Å². The first-order chi connectivity index (χ1) is 11.8. The zero-order valence-electron chi connectivity index (χ0n) is 13.9. The van der Waals surface area contributed by atoms with Gasteiger partial charge in [0.15, 0.2) is 0 Å². The number of aromatic nitrogens is 3. The number of methoxy groups -OCH3 is 1. The number of carbonyl (C=O) groups is 1. The SMILES string of the molecule is COc1ccccc1CCNC(=O)N1CCC(n2cncn2)CC1. The molecule has 0 radical (unpaired) electrons. The third-order valence-electron chi connectivity index (χ3n) is 4.43. The molecule has 0 unspecified atom stereocenters. The first-order valence-corrected chi connectivity index (χ1v) is 8.26. The maximum absolute atomic E-state index is 12.3. The molecule has 0 aliphatic carbocycles. The van der Waals surface area contributed by atoms with Crippen LogP contribution in [0.4, 0.5) is 4.79 Å². The van der Waals surface area contributed by atoms with Gasteiger partial charge in [0.25, 0.3) is 0 Å². The molecule has 0 saturated carbocycles. The second-order valence-corrected chi connectivity index (χ2v) is 5.89. The summed E-state index contributed by atoms with van der Waals surface area (Å²) in [5.74, 6) is 0.861. The lowest BCUT2D eigenvalue weighted by Gasteiger charge is -2.31. The Balaban J connectivity index is 1.43. The van der Waals surface area contributed by atoms with E-state index < -0.39 is 0 Å². The number of piperidine rings is 1. The fourth-order valence-corrected chi connectivity index (χ4v) is 3.06. The molecule has 1 N–H and O–H groups in total. The number of likely N-dealkylation sites (tertiary alicyclic amines) is 1. The molecule has 128 valence electrons. The first-order valence-electron chi connectivity index (χ1n) is 8.26. The lowest BCUT2D eigenvalue weighted by molar-refractivity contribution is 0.168. The van der Waals surface area contributed by atoms with Crippen molar-refractivity contribution < 1.29 is 9.53 Å². The van der Waals surface area contributed by atoms with Gasteiger partial charge < -0.3 is 15.0 Å². The number of hydrogen-bond donors (Lipinski definition) is 1. The van der Waals surface area contributed by atoms with Gasteiger partial charge in [0, 0.05) is 19.6 Å². The summed E-state index contributed by atoms with van der Waals surface area (Å²) in [7, 11) is 1.66. The molecule has 2 heterocycles. The summed E-state index contributed by atoms with van der Waals surface area (Å²) in [4.78, 5) is 18.1. The van der Waals surface area contributed by atoms with Crippen LogP contribution in [0, 0.1) is 0 Å². The van der Waals surface area contributed by atoms with Gasteiger partial charge >= 0.3 is 6.03 Å². The van der Waals surface area contributed by atoms with Gasteiger partial charge in [-0.3, -0.25) is 0 Å². The van der Waals surface area contributed by atoms with Gasteiger partial charge in [-0.15, -0.1) is 0 Å². The van der Waals surface area contributed by atoms with Crippen molar-refractivity contribution in [3.05, 3.63) is 42.5 Å². The highest BCUT2D eigenvalue weighted by atomic mass is 16.5. The Labute approximate surface area is 141 Å². The molecule has 3 rings (SSSR count). The van der Waals surface area contributed by atoms with Crippen LogP contribution >= 0.6 is 0 Å². The molecule has 2 aromatic rings. The Morgan fingerprint density at radius 1 is 1.33 bits per heavy atom. The predicted molar refractivity (Wildman–Crippen MR) is 90.0 cm³/mol. The summed E-state index contributed by atoms with van der Waals surface area (Å²) in [6, 6.07) is 8.22. The summed E-state index contributed by atoms with van der Waals surface area (Å²) in [6.45, 7) is 2.08. The van der Waals surface area contributed by atoms with Crippen LogP contribution in [0.5, 0.6) is 5.75 Å². The molecule has 1 aromatic heterocycles. The number of nitrogens with one attached hydrogen (secondary N) is 1. The third kappa shape index (κ3) is 3.84. The van der Waals surface area contributed by atoms with Gasteiger partial charge in [0.1, 0.15) is 18.4 Å². The highest BCUT2D eigenvalue weighted by molar-refractivity contribution is 5.74. The van der Waals surface area contributed by atoms with E-state index in [1.165, 1.54) is 0 Å². The molecule has 7 nitrogen and oxygen atoms in total. The molecule has 1 aliphatic heterocycles. The van der Waals surface area contributed by atoms with E-state index in [0.29, 0.717) is 12.6 Å². The zero-order chi connectivity index (χ0) is 16.8. The van der Waals surface area contributed by atoms with Crippen LogP contribution in [-0.2, 0) is 6.42 Å². The highest BCUT2D eigenvalue weighted by Gasteiger charge is 2.23. The predicted octanol–water partition coefficient (Wildman–Crippen LogP) is 1.88.